The van der Waals surface area contributed by atoms with Crippen molar-refractivity contribution in [3.05, 3.63) is 51.8 Å². The van der Waals surface area contributed by atoms with Crippen molar-refractivity contribution in [2.75, 3.05) is 67.8 Å². The number of ketones is 2. The Morgan fingerprint density at radius 1 is 0.895 bits per heavy atom. The van der Waals surface area contributed by atoms with Crippen LogP contribution in [0.25, 0.3) is 0 Å². The number of likely N-dealkylation sites (N-methyl/N-ethyl adjacent to an activating group) is 1. The summed E-state index contributed by atoms with van der Waals surface area (Å²) in [6.45, 7) is 19.6. The maximum absolute atomic E-state index is 15.3. The van der Waals surface area contributed by atoms with Crippen molar-refractivity contribution >= 4 is 52.9 Å². The second-order valence-electron chi connectivity index (χ2n) is 24.6. The number of carbonyl (C=O) groups excluding carboxylic acids is 5. The third-order valence-corrected chi connectivity index (χ3v) is 19.4. The van der Waals surface area contributed by atoms with Gasteiger partial charge in [-0.3, -0.25) is 19.4 Å². The first kappa shape index (κ1) is 69.0. The molecule has 482 valence electrons. The van der Waals surface area contributed by atoms with Gasteiger partial charge in [-0.05, 0) is 98.3 Å². The number of amides is 3. The molecule has 5 fully saturated rings. The number of aliphatic hydroxyl groups excluding tert-OH is 2. The topological polar surface area (TPSA) is 250 Å². The Labute approximate surface area is 516 Å². The number of pyridine rings is 1. The van der Waals surface area contributed by atoms with Crippen LogP contribution in [-0.2, 0) is 58.6 Å². The van der Waals surface area contributed by atoms with Crippen molar-refractivity contribution in [1.82, 2.24) is 19.7 Å². The van der Waals surface area contributed by atoms with Crippen molar-refractivity contribution in [3.8, 4) is 11.5 Å². The van der Waals surface area contributed by atoms with E-state index in [1.54, 1.807) is 71.9 Å². The Balaban J connectivity index is 1.19. The van der Waals surface area contributed by atoms with Gasteiger partial charge in [0.15, 0.2) is 35.5 Å². The summed E-state index contributed by atoms with van der Waals surface area (Å²) in [5, 5.41) is 24.1. The van der Waals surface area contributed by atoms with Gasteiger partial charge in [0.25, 0.3) is 0 Å². The molecule has 6 heterocycles. The first-order valence-electron chi connectivity index (χ1n) is 30.2. The number of hydrogen-bond donors (Lipinski definition) is 2. The Morgan fingerprint density at radius 2 is 1.57 bits per heavy atom. The molecule has 0 radical (unpaired) electrons. The van der Waals surface area contributed by atoms with E-state index < -0.39 is 120 Å². The van der Waals surface area contributed by atoms with Crippen LogP contribution in [0.5, 0.6) is 11.5 Å². The minimum absolute atomic E-state index is 0.0529. The molecule has 2 aromatic rings. The number of esters is 1. The number of benzene rings is 1. The molecule has 1 aromatic heterocycles. The number of nitrogens with zero attached hydrogens (tertiary/aromatic N) is 4. The number of methoxy groups -OCH3 is 3. The number of morpholine rings is 1. The van der Waals surface area contributed by atoms with Gasteiger partial charge in [-0.1, -0.05) is 50.9 Å². The standard InChI is InChI=1S/C62H92Cl2N4O18/c1-15-48-62(10)53(68(59(75)86-62)22-17-25-80-47-29-40(19-20-46(47)76-12)45(69)30-41-42(63)32-65-33-43(41)64)36(4)50(70)34(2)18-16-21-60(8,77-13)55(85-57-51(71)44(28-35(3)81-57)66(11)58(74)67-23-26-79-27-24-67)37(5)52(38(6)56(73)83-48)84-49-31-61(9,78-14)54(72)39(7)82-49/h19-20,29,32-39,44,48-49,51-55,57,71-72H,15-18,21-28,30-31H2,1-14H3/t34-,35-,36+,37+,38-,39+,44+,48-,49+,51-,52+,53-,54+,55-,57+,60-,61-,62-/m1/s1. The Bertz CT molecular complexity index is 2650. The van der Waals surface area contributed by atoms with Crippen LogP contribution < -0.4 is 9.47 Å². The lowest BCUT2D eigenvalue weighted by Gasteiger charge is -2.49. The van der Waals surface area contributed by atoms with Gasteiger partial charge in [-0.15, -0.1) is 0 Å². The van der Waals surface area contributed by atoms with E-state index in [4.69, 9.17) is 75.3 Å². The average molecular weight is 1250 g/mol. The predicted octanol–water partition coefficient (Wildman–Crippen LogP) is 8.11. The van der Waals surface area contributed by atoms with Gasteiger partial charge in [-0.25, -0.2) is 9.59 Å². The minimum atomic E-state index is -1.56. The lowest BCUT2D eigenvalue weighted by atomic mass is 9.75. The highest BCUT2D eigenvalue weighted by atomic mass is 35.5. The number of aliphatic hydroxyl groups is 2. The number of ether oxygens (including phenoxy) is 11. The molecule has 7 rings (SSSR count). The smallest absolute Gasteiger partial charge is 0.410 e. The summed E-state index contributed by atoms with van der Waals surface area (Å²) in [5.74, 6) is -3.80. The monoisotopic (exact) mass is 1250 g/mol. The average Bonchev–Trinajstić information content (AvgIpc) is 1.59. The summed E-state index contributed by atoms with van der Waals surface area (Å²) in [7, 11) is 6.19. The van der Waals surface area contributed by atoms with Crippen molar-refractivity contribution in [2.45, 2.75) is 205 Å². The predicted molar refractivity (Wildman–Crippen MR) is 316 cm³/mol. The zero-order valence-electron chi connectivity index (χ0n) is 52.4. The van der Waals surface area contributed by atoms with Gasteiger partial charge in [-0.2, -0.15) is 0 Å². The number of fused-ring (bicyclic) bond motifs is 1. The molecule has 0 aliphatic carbocycles. The van der Waals surface area contributed by atoms with Crippen LogP contribution in [0.4, 0.5) is 9.59 Å². The number of rotatable bonds is 17. The maximum Gasteiger partial charge on any atom is 0.410 e. The fraction of sp³-hybridized carbons (Fsp3) is 0.742. The van der Waals surface area contributed by atoms with Crippen molar-refractivity contribution in [1.29, 1.82) is 0 Å². The SMILES string of the molecule is CC[C@H]1OC(=O)[C@H](C)[C@@H](O[C@H]2C[C@@](C)(OC)[C@@H](O)[C@H](C)O2)[C@H](C)[C@@H](O[C@@H]2O[C@H](C)C[C@H](N(C)C(=O)N3CCOCC3)[C@H]2O)[C@](C)(OC)CCC[C@@H](C)C(=O)[C@H](C)[C@H]2N(CCCOc3cc(C(=O)Cc4c(Cl)cncc4Cl)ccc3OC)C(=O)O[C@]12C. The molecule has 0 unspecified atom stereocenters. The van der Waals surface area contributed by atoms with E-state index >= 15 is 4.79 Å². The molecule has 22 nitrogen and oxygen atoms in total. The molecule has 0 bridgehead atoms. The van der Waals surface area contributed by atoms with Crippen LogP contribution in [0, 0.1) is 23.7 Å². The number of carbonyl (C=O) groups is 5. The highest BCUT2D eigenvalue weighted by Crippen LogP contribution is 2.45. The van der Waals surface area contributed by atoms with Gasteiger partial charge in [0.05, 0.1) is 90.6 Å². The number of halogens is 2. The molecule has 0 spiro atoms. The van der Waals surface area contributed by atoms with Crippen LogP contribution in [-0.4, -0.2) is 212 Å². The Hall–Kier alpha value is -4.46. The molecule has 5 aliphatic rings. The van der Waals surface area contributed by atoms with Crippen LogP contribution in [0.15, 0.2) is 30.6 Å². The summed E-state index contributed by atoms with van der Waals surface area (Å²) in [5.41, 5.74) is -3.13. The van der Waals surface area contributed by atoms with Gasteiger partial charge in [0, 0.05) is 95.0 Å². The van der Waals surface area contributed by atoms with E-state index in [-0.39, 0.29) is 72.2 Å². The second-order valence-corrected chi connectivity index (χ2v) is 25.4. The molecule has 24 heteroatoms. The fourth-order valence-corrected chi connectivity index (χ4v) is 13.8. The lowest BCUT2D eigenvalue weighted by molar-refractivity contribution is -0.318. The molecule has 5 saturated heterocycles. The highest BCUT2D eigenvalue weighted by molar-refractivity contribution is 6.36. The second kappa shape index (κ2) is 29.4. The molecule has 2 N–H and O–H groups in total. The summed E-state index contributed by atoms with van der Waals surface area (Å²) in [6.07, 6.45) is -5.19. The molecule has 0 saturated carbocycles. The molecular formula is C62H92Cl2N4O18. The van der Waals surface area contributed by atoms with Gasteiger partial charge < -0.3 is 77.0 Å². The van der Waals surface area contributed by atoms with Crippen LogP contribution >= 0.6 is 23.2 Å². The van der Waals surface area contributed by atoms with Crippen molar-refractivity contribution in [3.63, 3.8) is 0 Å². The quantitative estimate of drug-likeness (QED) is 0.0862. The molecule has 18 atom stereocenters. The normalized spacial score (nSPS) is 36.0. The number of cyclic esters (lactones) is 1. The van der Waals surface area contributed by atoms with E-state index in [1.807, 2.05) is 34.6 Å². The van der Waals surface area contributed by atoms with Crippen LogP contribution in [0.2, 0.25) is 10.0 Å². The van der Waals surface area contributed by atoms with Crippen molar-refractivity contribution < 1.29 is 86.3 Å². The molecule has 3 amide bonds. The van der Waals surface area contributed by atoms with E-state index in [1.165, 1.54) is 36.4 Å². The number of aromatic nitrogens is 1. The van der Waals surface area contributed by atoms with E-state index in [9.17, 15) is 29.4 Å². The van der Waals surface area contributed by atoms with E-state index in [0.717, 1.165) is 0 Å². The fourth-order valence-electron chi connectivity index (χ4n) is 13.3. The van der Waals surface area contributed by atoms with Gasteiger partial charge in [0.1, 0.15) is 24.1 Å². The summed E-state index contributed by atoms with van der Waals surface area (Å²) in [4.78, 5) is 80.9. The summed E-state index contributed by atoms with van der Waals surface area (Å²) in [6, 6.07) is 2.90. The van der Waals surface area contributed by atoms with E-state index in [0.29, 0.717) is 68.9 Å². The molecular weight excluding hydrogens is 1160 g/mol. The van der Waals surface area contributed by atoms with E-state index in [2.05, 4.69) is 4.98 Å². The van der Waals surface area contributed by atoms with Crippen LogP contribution in [0.1, 0.15) is 130 Å². The largest absolute Gasteiger partial charge is 0.493 e. The summed E-state index contributed by atoms with van der Waals surface area (Å²) >= 11 is 12.7. The third-order valence-electron chi connectivity index (χ3n) is 18.7. The Morgan fingerprint density at radius 3 is 2.21 bits per heavy atom. The lowest BCUT2D eigenvalue weighted by Crippen LogP contribution is -2.62. The van der Waals surface area contributed by atoms with Gasteiger partial charge in [0.2, 0.25) is 0 Å². The molecule has 5 aliphatic heterocycles. The summed E-state index contributed by atoms with van der Waals surface area (Å²) < 4.78 is 69.6. The number of hydrogen-bond acceptors (Lipinski definition) is 19. The number of Topliss-reactive ketones (excluding diaryl/α,β-unsaturated/α-hetero) is 2. The van der Waals surface area contributed by atoms with Gasteiger partial charge >= 0.3 is 18.1 Å². The molecule has 86 heavy (non-hydrogen) atoms. The molecule has 1 aromatic carbocycles. The Kier molecular flexibility index (Phi) is 23.6. The third kappa shape index (κ3) is 15.1. The van der Waals surface area contributed by atoms with Crippen molar-refractivity contribution in [2.24, 2.45) is 23.7 Å². The zero-order valence-corrected chi connectivity index (χ0v) is 53.9. The van der Waals surface area contributed by atoms with Crippen LogP contribution in [0.3, 0.4) is 0 Å². The first-order valence-corrected chi connectivity index (χ1v) is 31.0. The number of urea groups is 1. The minimum Gasteiger partial charge on any atom is -0.493 e. The maximum atomic E-state index is 15.3. The first-order chi connectivity index (χ1) is 40.7. The zero-order chi connectivity index (χ0) is 63.2. The highest BCUT2D eigenvalue weighted by Gasteiger charge is 2.60.